The van der Waals surface area contributed by atoms with E-state index in [1.165, 1.54) is 12.1 Å². The highest BCUT2D eigenvalue weighted by molar-refractivity contribution is 7.89. The Bertz CT molecular complexity index is 774. The maximum Gasteiger partial charge on any atom is 0.251 e. The number of amides is 1. The van der Waals surface area contributed by atoms with Gasteiger partial charge in [0.05, 0.1) is 17.1 Å². The van der Waals surface area contributed by atoms with Gasteiger partial charge in [0, 0.05) is 17.8 Å². The molecule has 0 saturated heterocycles. The van der Waals surface area contributed by atoms with Gasteiger partial charge < -0.3 is 5.32 Å². The van der Waals surface area contributed by atoms with E-state index in [9.17, 15) is 13.2 Å². The standard InChI is InChI=1S/C16H19N3O3S/c1-12(2)19-23(21,22)15-8-5-6-13(10-15)16(20)18-11-14-7-3-4-9-17-14/h3-10,12,19H,11H2,1-2H3,(H,18,20). The van der Waals surface area contributed by atoms with Gasteiger partial charge in [0.25, 0.3) is 5.91 Å². The molecular formula is C16H19N3O3S. The molecule has 0 unspecified atom stereocenters. The zero-order valence-electron chi connectivity index (χ0n) is 13.0. The van der Waals surface area contributed by atoms with Gasteiger partial charge in [-0.15, -0.1) is 0 Å². The molecule has 1 aromatic carbocycles. The molecule has 1 amide bonds. The lowest BCUT2D eigenvalue weighted by atomic mass is 10.2. The van der Waals surface area contributed by atoms with E-state index in [2.05, 4.69) is 15.0 Å². The Kier molecular flexibility index (Phi) is 5.46. The van der Waals surface area contributed by atoms with Gasteiger partial charge in [-0.1, -0.05) is 12.1 Å². The number of nitrogens with one attached hydrogen (secondary N) is 2. The second kappa shape index (κ2) is 7.34. The normalized spacial score (nSPS) is 11.4. The monoisotopic (exact) mass is 333 g/mol. The first-order chi connectivity index (χ1) is 10.9. The van der Waals surface area contributed by atoms with Crippen molar-refractivity contribution in [3.63, 3.8) is 0 Å². The number of hydrogen-bond donors (Lipinski definition) is 2. The minimum Gasteiger partial charge on any atom is -0.346 e. The number of hydrogen-bond acceptors (Lipinski definition) is 4. The van der Waals surface area contributed by atoms with Crippen molar-refractivity contribution in [2.24, 2.45) is 0 Å². The molecule has 1 heterocycles. The van der Waals surface area contributed by atoms with Crippen LogP contribution in [-0.2, 0) is 16.6 Å². The number of carbonyl (C=O) groups is 1. The molecule has 0 radical (unpaired) electrons. The summed E-state index contributed by atoms with van der Waals surface area (Å²) < 4.78 is 26.8. The maximum atomic E-state index is 12.2. The fourth-order valence-electron chi connectivity index (χ4n) is 1.96. The van der Waals surface area contributed by atoms with Crippen molar-refractivity contribution in [2.45, 2.75) is 31.3 Å². The van der Waals surface area contributed by atoms with Crippen LogP contribution in [0.5, 0.6) is 0 Å². The van der Waals surface area contributed by atoms with Crippen LogP contribution in [0.25, 0.3) is 0 Å². The van der Waals surface area contributed by atoms with E-state index < -0.39 is 10.0 Å². The number of aromatic nitrogens is 1. The van der Waals surface area contributed by atoms with Crippen LogP contribution in [-0.4, -0.2) is 25.4 Å². The van der Waals surface area contributed by atoms with E-state index in [4.69, 9.17) is 0 Å². The first-order valence-electron chi connectivity index (χ1n) is 7.19. The van der Waals surface area contributed by atoms with Crippen LogP contribution in [0, 0.1) is 0 Å². The van der Waals surface area contributed by atoms with Gasteiger partial charge in [-0.3, -0.25) is 9.78 Å². The minimum absolute atomic E-state index is 0.0664. The van der Waals surface area contributed by atoms with Gasteiger partial charge in [0.2, 0.25) is 10.0 Å². The molecule has 2 N–H and O–H groups in total. The molecular weight excluding hydrogens is 314 g/mol. The van der Waals surface area contributed by atoms with Crippen LogP contribution in [0.15, 0.2) is 53.6 Å². The van der Waals surface area contributed by atoms with Gasteiger partial charge in [-0.05, 0) is 44.2 Å². The Morgan fingerprint density at radius 3 is 2.61 bits per heavy atom. The summed E-state index contributed by atoms with van der Waals surface area (Å²) in [6.07, 6.45) is 1.65. The smallest absolute Gasteiger partial charge is 0.251 e. The number of benzene rings is 1. The molecule has 7 heteroatoms. The Morgan fingerprint density at radius 2 is 1.96 bits per heavy atom. The number of carbonyl (C=O) groups excluding carboxylic acids is 1. The van der Waals surface area contributed by atoms with Gasteiger partial charge in [-0.25, -0.2) is 13.1 Å². The third kappa shape index (κ3) is 4.87. The molecule has 6 nitrogen and oxygen atoms in total. The first-order valence-corrected chi connectivity index (χ1v) is 8.67. The van der Waals surface area contributed by atoms with Crippen molar-refractivity contribution in [1.29, 1.82) is 0 Å². The molecule has 0 aliphatic rings. The molecule has 0 bridgehead atoms. The fourth-order valence-corrected chi connectivity index (χ4v) is 3.25. The molecule has 0 saturated carbocycles. The van der Waals surface area contributed by atoms with Crippen molar-refractivity contribution in [3.8, 4) is 0 Å². The summed E-state index contributed by atoms with van der Waals surface area (Å²) in [5.41, 5.74) is 1.01. The van der Waals surface area contributed by atoms with Crippen molar-refractivity contribution in [1.82, 2.24) is 15.0 Å². The van der Waals surface area contributed by atoms with E-state index in [-0.39, 0.29) is 29.0 Å². The Morgan fingerprint density at radius 1 is 1.17 bits per heavy atom. The summed E-state index contributed by atoms with van der Waals surface area (Å²) in [7, 11) is -3.63. The molecule has 2 aromatic rings. The molecule has 0 spiro atoms. The number of sulfonamides is 1. The third-order valence-electron chi connectivity index (χ3n) is 2.95. The molecule has 0 fully saturated rings. The molecule has 0 aliphatic heterocycles. The molecule has 23 heavy (non-hydrogen) atoms. The zero-order chi connectivity index (χ0) is 16.9. The van der Waals surface area contributed by atoms with E-state index in [1.807, 2.05) is 6.07 Å². The highest BCUT2D eigenvalue weighted by Gasteiger charge is 2.17. The van der Waals surface area contributed by atoms with Crippen LogP contribution in [0.2, 0.25) is 0 Å². The van der Waals surface area contributed by atoms with Crippen molar-refractivity contribution in [3.05, 3.63) is 59.9 Å². The molecule has 122 valence electrons. The van der Waals surface area contributed by atoms with Crippen molar-refractivity contribution in [2.75, 3.05) is 0 Å². The SMILES string of the molecule is CC(C)NS(=O)(=O)c1cccc(C(=O)NCc2ccccn2)c1. The Hall–Kier alpha value is -2.25. The Balaban J connectivity index is 2.11. The number of nitrogens with zero attached hydrogens (tertiary/aromatic N) is 1. The third-order valence-corrected chi connectivity index (χ3v) is 4.61. The topological polar surface area (TPSA) is 88.2 Å². The Labute approximate surface area is 136 Å². The summed E-state index contributed by atoms with van der Waals surface area (Å²) in [4.78, 5) is 16.3. The van der Waals surface area contributed by atoms with Crippen LogP contribution < -0.4 is 10.0 Å². The van der Waals surface area contributed by atoms with Crippen LogP contribution in [0.1, 0.15) is 29.9 Å². The van der Waals surface area contributed by atoms with Crippen LogP contribution in [0.4, 0.5) is 0 Å². The second-order valence-corrected chi connectivity index (χ2v) is 7.02. The van der Waals surface area contributed by atoms with E-state index in [0.717, 1.165) is 5.69 Å². The average Bonchev–Trinajstić information content (AvgIpc) is 2.52. The summed E-state index contributed by atoms with van der Waals surface area (Å²) in [5.74, 6) is -0.350. The number of rotatable bonds is 6. The zero-order valence-corrected chi connectivity index (χ0v) is 13.8. The lowest BCUT2D eigenvalue weighted by Crippen LogP contribution is -2.30. The second-order valence-electron chi connectivity index (χ2n) is 5.31. The lowest BCUT2D eigenvalue weighted by molar-refractivity contribution is 0.0950. The van der Waals surface area contributed by atoms with Crippen LogP contribution >= 0.6 is 0 Å². The molecule has 0 aliphatic carbocycles. The lowest BCUT2D eigenvalue weighted by Gasteiger charge is -2.11. The predicted molar refractivity (Wildman–Crippen MR) is 87.3 cm³/mol. The number of pyridine rings is 1. The summed E-state index contributed by atoms with van der Waals surface area (Å²) >= 11 is 0. The average molecular weight is 333 g/mol. The highest BCUT2D eigenvalue weighted by Crippen LogP contribution is 2.12. The summed E-state index contributed by atoms with van der Waals surface area (Å²) in [6, 6.07) is 11.1. The molecule has 1 aromatic heterocycles. The quantitative estimate of drug-likeness (QED) is 0.842. The maximum absolute atomic E-state index is 12.2. The van der Waals surface area contributed by atoms with Gasteiger partial charge in [-0.2, -0.15) is 0 Å². The van der Waals surface area contributed by atoms with E-state index in [1.54, 1.807) is 44.3 Å². The van der Waals surface area contributed by atoms with Gasteiger partial charge in [0.15, 0.2) is 0 Å². The summed E-state index contributed by atoms with van der Waals surface area (Å²) in [6.45, 7) is 3.75. The first kappa shape index (κ1) is 17.1. The van der Waals surface area contributed by atoms with Gasteiger partial charge in [0.1, 0.15) is 0 Å². The minimum atomic E-state index is -3.63. The predicted octanol–water partition coefficient (Wildman–Crippen LogP) is 1.70. The molecule has 2 rings (SSSR count). The van der Waals surface area contributed by atoms with Crippen molar-refractivity contribution >= 4 is 15.9 Å². The van der Waals surface area contributed by atoms with E-state index in [0.29, 0.717) is 0 Å². The summed E-state index contributed by atoms with van der Waals surface area (Å²) in [5, 5.41) is 2.72. The van der Waals surface area contributed by atoms with Crippen molar-refractivity contribution < 1.29 is 13.2 Å². The van der Waals surface area contributed by atoms with Gasteiger partial charge >= 0.3 is 0 Å². The highest BCUT2D eigenvalue weighted by atomic mass is 32.2. The van der Waals surface area contributed by atoms with E-state index >= 15 is 0 Å². The molecule has 0 atom stereocenters. The fraction of sp³-hybridized carbons (Fsp3) is 0.250. The largest absolute Gasteiger partial charge is 0.346 e. The van der Waals surface area contributed by atoms with Crippen LogP contribution in [0.3, 0.4) is 0 Å².